The molecule has 0 aliphatic rings. The fraction of sp³-hybridized carbons (Fsp3) is 0.308. The molecule has 0 unspecified atom stereocenters. The second kappa shape index (κ2) is 6.70. The highest BCUT2D eigenvalue weighted by molar-refractivity contribution is 5.92. The summed E-state index contributed by atoms with van der Waals surface area (Å²) in [6.45, 7) is 1.66. The number of ether oxygens (including phenoxy) is 1. The summed E-state index contributed by atoms with van der Waals surface area (Å²) in [7, 11) is 1.58. The number of para-hydroxylation sites is 1. The molecule has 1 aromatic carbocycles. The van der Waals surface area contributed by atoms with Gasteiger partial charge >= 0.3 is 0 Å². The van der Waals surface area contributed by atoms with Gasteiger partial charge in [-0.25, -0.2) is 0 Å². The van der Waals surface area contributed by atoms with E-state index in [9.17, 15) is 4.79 Å². The zero-order chi connectivity index (χ0) is 12.7. The van der Waals surface area contributed by atoms with Crippen LogP contribution in [0, 0.1) is 0 Å². The van der Waals surface area contributed by atoms with Crippen LogP contribution in [0.25, 0.3) is 6.08 Å². The summed E-state index contributed by atoms with van der Waals surface area (Å²) < 4.78 is 5.16. The van der Waals surface area contributed by atoms with Gasteiger partial charge in [0.2, 0.25) is 5.91 Å². The van der Waals surface area contributed by atoms with Gasteiger partial charge in [0.15, 0.2) is 0 Å². The molecule has 4 heteroatoms. The maximum absolute atomic E-state index is 11.4. The van der Waals surface area contributed by atoms with E-state index < -0.39 is 0 Å². The number of hydrogen-bond acceptors (Lipinski definition) is 3. The average molecular weight is 235 g/mol. The van der Waals surface area contributed by atoms with E-state index in [1.165, 1.54) is 6.08 Å². The number of carbonyl (C=O) groups excluding carboxylic acids is 1. The van der Waals surface area contributed by atoms with Gasteiger partial charge in [-0.15, -0.1) is 0 Å². The maximum Gasteiger partial charge on any atom is 0.244 e. The van der Waals surface area contributed by atoms with E-state index in [0.717, 1.165) is 5.56 Å². The fourth-order valence-corrected chi connectivity index (χ4v) is 1.31. The molecule has 0 bridgehead atoms. The minimum atomic E-state index is -0.246. The highest BCUT2D eigenvalue weighted by Crippen LogP contribution is 2.18. The third-order valence-electron chi connectivity index (χ3n) is 2.22. The molecule has 92 valence electrons. The number of rotatable bonds is 5. The first-order chi connectivity index (χ1) is 8.17. The smallest absolute Gasteiger partial charge is 0.244 e. The molecule has 0 aliphatic carbocycles. The summed E-state index contributed by atoms with van der Waals surface area (Å²) in [4.78, 5) is 11.4. The van der Waals surface area contributed by atoms with Crippen LogP contribution in [0.2, 0.25) is 0 Å². The number of hydrogen-bond donors (Lipinski definition) is 2. The van der Waals surface area contributed by atoms with Gasteiger partial charge in [0, 0.05) is 17.7 Å². The highest BCUT2D eigenvalue weighted by Gasteiger charge is 2.03. The molecular weight excluding hydrogens is 218 g/mol. The summed E-state index contributed by atoms with van der Waals surface area (Å²) in [5.74, 6) is 0.476. The van der Waals surface area contributed by atoms with Crippen molar-refractivity contribution in [2.75, 3.05) is 13.7 Å². The van der Waals surface area contributed by atoms with Crippen molar-refractivity contribution >= 4 is 12.0 Å². The number of methoxy groups -OCH3 is 1. The van der Waals surface area contributed by atoms with Crippen molar-refractivity contribution in [2.45, 2.75) is 13.0 Å². The van der Waals surface area contributed by atoms with Crippen LogP contribution < -0.4 is 10.1 Å². The number of aliphatic hydroxyl groups is 1. The molecule has 4 nitrogen and oxygen atoms in total. The molecule has 0 saturated carbocycles. The first-order valence-electron chi connectivity index (χ1n) is 5.40. The van der Waals surface area contributed by atoms with E-state index in [1.54, 1.807) is 20.1 Å². The largest absolute Gasteiger partial charge is 0.496 e. The normalized spacial score (nSPS) is 12.4. The Bertz CT molecular complexity index is 401. The standard InChI is InChI=1S/C13H17NO3/c1-10(9-15)14-13(16)8-7-11-5-3-4-6-12(11)17-2/h3-8,10,15H,9H2,1-2H3,(H,14,16)/t10-/m1/s1. The predicted octanol–water partition coefficient (Wildman–Crippen LogP) is 1.21. The summed E-state index contributed by atoms with van der Waals surface area (Å²) in [6.07, 6.45) is 3.10. The molecule has 0 aliphatic heterocycles. The molecule has 2 N–H and O–H groups in total. The highest BCUT2D eigenvalue weighted by atomic mass is 16.5. The number of benzene rings is 1. The predicted molar refractivity (Wildman–Crippen MR) is 66.7 cm³/mol. The van der Waals surface area contributed by atoms with Gasteiger partial charge in [0.1, 0.15) is 5.75 Å². The molecule has 1 rings (SSSR count). The van der Waals surface area contributed by atoms with E-state index in [1.807, 2.05) is 24.3 Å². The van der Waals surface area contributed by atoms with Gasteiger partial charge < -0.3 is 15.2 Å². The third-order valence-corrected chi connectivity index (χ3v) is 2.22. The Balaban J connectivity index is 2.67. The lowest BCUT2D eigenvalue weighted by molar-refractivity contribution is -0.117. The number of aliphatic hydroxyl groups excluding tert-OH is 1. The van der Waals surface area contributed by atoms with Crippen molar-refractivity contribution in [3.8, 4) is 5.75 Å². The number of carbonyl (C=O) groups is 1. The van der Waals surface area contributed by atoms with E-state index in [4.69, 9.17) is 9.84 Å². The molecule has 0 radical (unpaired) electrons. The minimum absolute atomic E-state index is 0.0752. The summed E-state index contributed by atoms with van der Waals surface area (Å²) in [6, 6.07) is 7.18. The van der Waals surface area contributed by atoms with Crippen molar-refractivity contribution in [1.82, 2.24) is 5.32 Å². The molecule has 0 aromatic heterocycles. The first-order valence-corrected chi connectivity index (χ1v) is 5.40. The van der Waals surface area contributed by atoms with Crippen LogP contribution in [0.3, 0.4) is 0 Å². The van der Waals surface area contributed by atoms with E-state index in [2.05, 4.69) is 5.32 Å². The second-order valence-corrected chi connectivity index (χ2v) is 3.67. The SMILES string of the molecule is COc1ccccc1C=CC(=O)N[C@H](C)CO. The molecule has 1 aromatic rings. The molecule has 0 saturated heterocycles. The maximum atomic E-state index is 11.4. The summed E-state index contributed by atoms with van der Waals surface area (Å²) in [5.41, 5.74) is 0.835. The van der Waals surface area contributed by atoms with Gasteiger partial charge in [-0.05, 0) is 19.1 Å². The van der Waals surface area contributed by atoms with Gasteiger partial charge in [0.05, 0.1) is 13.7 Å². The lowest BCUT2D eigenvalue weighted by Gasteiger charge is -2.08. The van der Waals surface area contributed by atoms with Gasteiger partial charge in [0.25, 0.3) is 0 Å². The van der Waals surface area contributed by atoms with Crippen molar-refractivity contribution in [2.24, 2.45) is 0 Å². The molecular formula is C13H17NO3. The first kappa shape index (κ1) is 13.3. The Hall–Kier alpha value is -1.81. The van der Waals surface area contributed by atoms with Gasteiger partial charge in [-0.2, -0.15) is 0 Å². The Morgan fingerprint density at radius 3 is 2.88 bits per heavy atom. The van der Waals surface area contributed by atoms with Crippen LogP contribution >= 0.6 is 0 Å². The van der Waals surface area contributed by atoms with Gasteiger partial charge in [-0.3, -0.25) is 4.79 Å². The third kappa shape index (κ3) is 4.28. The lowest BCUT2D eigenvalue weighted by atomic mass is 10.2. The molecule has 1 atom stereocenters. The van der Waals surface area contributed by atoms with Crippen LogP contribution in [0.5, 0.6) is 5.75 Å². The van der Waals surface area contributed by atoms with Crippen LogP contribution in [0.4, 0.5) is 0 Å². The number of amides is 1. The van der Waals surface area contributed by atoms with Crippen molar-refractivity contribution in [3.05, 3.63) is 35.9 Å². The summed E-state index contributed by atoms with van der Waals surface area (Å²) in [5, 5.41) is 11.4. The van der Waals surface area contributed by atoms with E-state index in [-0.39, 0.29) is 18.6 Å². The number of nitrogens with one attached hydrogen (secondary N) is 1. The second-order valence-electron chi connectivity index (χ2n) is 3.67. The Morgan fingerprint density at radius 1 is 1.53 bits per heavy atom. The zero-order valence-electron chi connectivity index (χ0n) is 10.0. The molecule has 0 heterocycles. The molecule has 1 amide bonds. The summed E-state index contributed by atoms with van der Waals surface area (Å²) >= 11 is 0. The molecule has 0 spiro atoms. The fourth-order valence-electron chi connectivity index (χ4n) is 1.31. The average Bonchev–Trinajstić information content (AvgIpc) is 2.36. The Morgan fingerprint density at radius 2 is 2.24 bits per heavy atom. The lowest BCUT2D eigenvalue weighted by Crippen LogP contribution is -2.33. The van der Waals surface area contributed by atoms with Crippen molar-refractivity contribution in [3.63, 3.8) is 0 Å². The molecule has 17 heavy (non-hydrogen) atoms. The van der Waals surface area contributed by atoms with Crippen LogP contribution in [0.15, 0.2) is 30.3 Å². The zero-order valence-corrected chi connectivity index (χ0v) is 10.0. The topological polar surface area (TPSA) is 58.6 Å². The Kier molecular flexibility index (Phi) is 5.23. The van der Waals surface area contributed by atoms with Gasteiger partial charge in [-0.1, -0.05) is 18.2 Å². The quantitative estimate of drug-likeness (QED) is 0.754. The van der Waals surface area contributed by atoms with Crippen molar-refractivity contribution in [1.29, 1.82) is 0 Å². The van der Waals surface area contributed by atoms with Crippen molar-refractivity contribution < 1.29 is 14.6 Å². The minimum Gasteiger partial charge on any atom is -0.496 e. The van der Waals surface area contributed by atoms with Crippen LogP contribution in [0.1, 0.15) is 12.5 Å². The Labute approximate surface area is 101 Å². The van der Waals surface area contributed by atoms with E-state index >= 15 is 0 Å². The monoisotopic (exact) mass is 235 g/mol. The van der Waals surface area contributed by atoms with Crippen LogP contribution in [-0.2, 0) is 4.79 Å². The van der Waals surface area contributed by atoms with Crippen LogP contribution in [-0.4, -0.2) is 30.8 Å². The molecule has 0 fully saturated rings. The van der Waals surface area contributed by atoms with E-state index in [0.29, 0.717) is 5.75 Å².